The standard InChI is InChI=1S/C24H26FIN4O4/c1-24(2,3)34-22(32)28-16-7-9-17(10-8-16)30-21(31)19-11-14(25)13-27-20(19)29(23(30)33)18-6-4-5-15(26)12-18/h4-6,11-13,16-17H,7-10H2,1-3H3,(H,28,32). The van der Waals surface area contributed by atoms with Gasteiger partial charge in [0.1, 0.15) is 11.4 Å². The lowest BCUT2D eigenvalue weighted by molar-refractivity contribution is 0.0487. The van der Waals surface area contributed by atoms with Crippen LogP contribution >= 0.6 is 22.6 Å². The molecular weight excluding hydrogens is 554 g/mol. The molecule has 2 heterocycles. The molecule has 8 nitrogen and oxygen atoms in total. The molecular formula is C24H26FIN4O4. The van der Waals surface area contributed by atoms with Crippen molar-refractivity contribution in [1.82, 2.24) is 19.4 Å². The van der Waals surface area contributed by atoms with Crippen LogP contribution < -0.4 is 16.6 Å². The van der Waals surface area contributed by atoms with Gasteiger partial charge < -0.3 is 10.1 Å². The number of carbonyl (C=O) groups is 1. The molecule has 1 saturated carbocycles. The predicted molar refractivity (Wildman–Crippen MR) is 135 cm³/mol. The molecule has 1 aromatic carbocycles. The molecule has 0 spiro atoms. The maximum atomic E-state index is 14.0. The van der Waals surface area contributed by atoms with E-state index in [1.54, 1.807) is 26.8 Å². The highest BCUT2D eigenvalue weighted by molar-refractivity contribution is 14.1. The summed E-state index contributed by atoms with van der Waals surface area (Å²) in [4.78, 5) is 43.1. The molecule has 1 aliphatic rings. The Morgan fingerprint density at radius 2 is 1.88 bits per heavy atom. The summed E-state index contributed by atoms with van der Waals surface area (Å²) < 4.78 is 22.8. The molecule has 34 heavy (non-hydrogen) atoms. The number of halogens is 2. The van der Waals surface area contributed by atoms with Gasteiger partial charge in [-0.2, -0.15) is 0 Å². The third-order valence-corrected chi connectivity index (χ3v) is 6.41. The minimum absolute atomic E-state index is 0.0486. The summed E-state index contributed by atoms with van der Waals surface area (Å²) in [6, 6.07) is 7.90. The van der Waals surface area contributed by atoms with Gasteiger partial charge in [0.2, 0.25) is 0 Å². The second-order valence-electron chi connectivity index (χ2n) is 9.45. The number of carbonyl (C=O) groups excluding carboxylic acids is 1. The van der Waals surface area contributed by atoms with Gasteiger partial charge in [0, 0.05) is 15.7 Å². The number of pyridine rings is 1. The molecule has 1 amide bonds. The Balaban J connectivity index is 1.70. The average Bonchev–Trinajstić information content (AvgIpc) is 2.74. The summed E-state index contributed by atoms with van der Waals surface area (Å²) in [5, 5.41) is 2.91. The van der Waals surface area contributed by atoms with Crippen LogP contribution in [0, 0.1) is 9.39 Å². The highest BCUT2D eigenvalue weighted by Gasteiger charge is 2.29. The van der Waals surface area contributed by atoms with E-state index in [0.717, 1.165) is 15.8 Å². The summed E-state index contributed by atoms with van der Waals surface area (Å²) in [5.41, 5.74) is -0.992. The molecule has 4 rings (SSSR count). The van der Waals surface area contributed by atoms with Crippen LogP contribution in [0.1, 0.15) is 52.5 Å². The van der Waals surface area contributed by atoms with Crippen molar-refractivity contribution < 1.29 is 13.9 Å². The van der Waals surface area contributed by atoms with Crippen molar-refractivity contribution in [3.05, 3.63) is 66.8 Å². The van der Waals surface area contributed by atoms with E-state index in [0.29, 0.717) is 31.4 Å². The third-order valence-electron chi connectivity index (χ3n) is 5.74. The van der Waals surface area contributed by atoms with Crippen molar-refractivity contribution in [3.8, 4) is 5.69 Å². The van der Waals surface area contributed by atoms with E-state index in [9.17, 15) is 18.8 Å². The number of fused-ring (bicyclic) bond motifs is 1. The number of rotatable bonds is 3. The van der Waals surface area contributed by atoms with Crippen molar-refractivity contribution in [3.63, 3.8) is 0 Å². The van der Waals surface area contributed by atoms with E-state index in [-0.39, 0.29) is 23.1 Å². The van der Waals surface area contributed by atoms with Gasteiger partial charge in [-0.25, -0.2) is 23.5 Å². The second-order valence-corrected chi connectivity index (χ2v) is 10.7. The molecule has 1 aliphatic carbocycles. The maximum Gasteiger partial charge on any atom is 0.407 e. The molecule has 0 atom stereocenters. The number of amides is 1. The Kier molecular flexibility index (Phi) is 6.79. The fourth-order valence-corrected chi connectivity index (χ4v) is 4.83. The van der Waals surface area contributed by atoms with Gasteiger partial charge in [-0.1, -0.05) is 6.07 Å². The average molecular weight is 580 g/mol. The number of hydrogen-bond acceptors (Lipinski definition) is 5. The van der Waals surface area contributed by atoms with Crippen molar-refractivity contribution >= 4 is 39.7 Å². The van der Waals surface area contributed by atoms with Gasteiger partial charge in [0.15, 0.2) is 5.65 Å². The van der Waals surface area contributed by atoms with Crippen LogP contribution in [-0.2, 0) is 4.74 Å². The number of nitrogens with zero attached hydrogens (tertiary/aromatic N) is 3. The molecule has 0 aliphatic heterocycles. The topological polar surface area (TPSA) is 95.2 Å². The van der Waals surface area contributed by atoms with Gasteiger partial charge in [0.25, 0.3) is 5.56 Å². The fourth-order valence-electron chi connectivity index (χ4n) is 4.31. The van der Waals surface area contributed by atoms with E-state index in [4.69, 9.17) is 4.74 Å². The predicted octanol–water partition coefficient (Wildman–Crippen LogP) is 4.30. The van der Waals surface area contributed by atoms with E-state index in [1.165, 1.54) is 9.13 Å². The number of aromatic nitrogens is 3. The van der Waals surface area contributed by atoms with Crippen molar-refractivity contribution in [1.29, 1.82) is 0 Å². The van der Waals surface area contributed by atoms with Crippen LogP contribution in [0.2, 0.25) is 0 Å². The van der Waals surface area contributed by atoms with E-state index >= 15 is 0 Å². The largest absolute Gasteiger partial charge is 0.444 e. The van der Waals surface area contributed by atoms with E-state index in [2.05, 4.69) is 32.9 Å². The van der Waals surface area contributed by atoms with Gasteiger partial charge in [-0.3, -0.25) is 9.36 Å². The molecule has 180 valence electrons. The van der Waals surface area contributed by atoms with Crippen molar-refractivity contribution in [2.45, 2.75) is 64.1 Å². The molecule has 10 heteroatoms. The first-order valence-corrected chi connectivity index (χ1v) is 12.2. The van der Waals surface area contributed by atoms with Gasteiger partial charge >= 0.3 is 11.8 Å². The van der Waals surface area contributed by atoms with Gasteiger partial charge in [-0.05, 0) is 93.3 Å². The Bertz CT molecular complexity index is 1350. The zero-order valence-corrected chi connectivity index (χ0v) is 21.3. The van der Waals surface area contributed by atoms with Gasteiger partial charge in [-0.15, -0.1) is 0 Å². The molecule has 0 saturated heterocycles. The number of ether oxygens (including phenoxy) is 1. The van der Waals surface area contributed by atoms with Crippen molar-refractivity contribution in [2.75, 3.05) is 0 Å². The SMILES string of the molecule is CC(C)(C)OC(=O)NC1CCC(n2c(=O)c3cc(F)cnc3n(-c3cccc(I)c3)c2=O)CC1. The molecule has 1 N–H and O–H groups in total. The first-order chi connectivity index (χ1) is 16.0. The quantitative estimate of drug-likeness (QED) is 0.467. The highest BCUT2D eigenvalue weighted by Crippen LogP contribution is 2.28. The Morgan fingerprint density at radius 3 is 2.53 bits per heavy atom. The van der Waals surface area contributed by atoms with Crippen LogP contribution in [0.25, 0.3) is 16.7 Å². The monoisotopic (exact) mass is 580 g/mol. The van der Waals surface area contributed by atoms with Gasteiger partial charge in [0.05, 0.1) is 17.3 Å². The van der Waals surface area contributed by atoms with Crippen LogP contribution in [0.15, 0.2) is 46.1 Å². The number of nitrogens with one attached hydrogen (secondary N) is 1. The summed E-state index contributed by atoms with van der Waals surface area (Å²) in [6.45, 7) is 5.39. The molecule has 1 fully saturated rings. The first kappa shape index (κ1) is 24.4. The molecule has 0 unspecified atom stereocenters. The lowest BCUT2D eigenvalue weighted by Crippen LogP contribution is -2.45. The summed E-state index contributed by atoms with van der Waals surface area (Å²) >= 11 is 2.14. The molecule has 0 bridgehead atoms. The fraction of sp³-hybridized carbons (Fsp3) is 0.417. The number of hydrogen-bond donors (Lipinski definition) is 1. The highest BCUT2D eigenvalue weighted by atomic mass is 127. The summed E-state index contributed by atoms with van der Waals surface area (Å²) in [6.07, 6.45) is 2.70. The molecule has 2 aromatic heterocycles. The van der Waals surface area contributed by atoms with E-state index < -0.39 is 28.8 Å². The normalized spacial score (nSPS) is 18.6. The minimum Gasteiger partial charge on any atom is -0.444 e. The Morgan fingerprint density at radius 1 is 1.18 bits per heavy atom. The lowest BCUT2D eigenvalue weighted by Gasteiger charge is -2.31. The lowest BCUT2D eigenvalue weighted by atomic mass is 9.91. The maximum absolute atomic E-state index is 14.0. The Labute approximate surface area is 209 Å². The van der Waals surface area contributed by atoms with Crippen LogP contribution in [-0.4, -0.2) is 31.9 Å². The van der Waals surface area contributed by atoms with Crippen LogP contribution in [0.4, 0.5) is 9.18 Å². The van der Waals surface area contributed by atoms with Crippen molar-refractivity contribution in [2.24, 2.45) is 0 Å². The first-order valence-electron chi connectivity index (χ1n) is 11.1. The summed E-state index contributed by atoms with van der Waals surface area (Å²) in [5.74, 6) is -0.644. The Hall–Kier alpha value is -2.76. The van der Waals surface area contributed by atoms with E-state index in [1.807, 2.05) is 18.2 Å². The number of alkyl carbamates (subject to hydrolysis) is 1. The third kappa shape index (κ3) is 5.16. The zero-order chi connectivity index (χ0) is 24.6. The minimum atomic E-state index is -0.644. The molecule has 3 aromatic rings. The smallest absolute Gasteiger partial charge is 0.407 e. The summed E-state index contributed by atoms with van der Waals surface area (Å²) in [7, 11) is 0. The zero-order valence-electron chi connectivity index (χ0n) is 19.2. The molecule has 0 radical (unpaired) electrons. The number of benzene rings is 1. The van der Waals surface area contributed by atoms with Crippen LogP contribution in [0.5, 0.6) is 0 Å². The second kappa shape index (κ2) is 9.47. The van der Waals surface area contributed by atoms with Crippen LogP contribution in [0.3, 0.4) is 0 Å².